The summed E-state index contributed by atoms with van der Waals surface area (Å²) in [6.45, 7) is 3.72. The molecule has 27 heavy (non-hydrogen) atoms. The first kappa shape index (κ1) is 20.4. The van der Waals surface area contributed by atoms with Gasteiger partial charge in [0.15, 0.2) is 0 Å². The predicted molar refractivity (Wildman–Crippen MR) is 105 cm³/mol. The number of urea groups is 1. The van der Waals surface area contributed by atoms with Gasteiger partial charge in [-0.25, -0.2) is 9.18 Å². The Morgan fingerprint density at radius 3 is 2.48 bits per heavy atom. The van der Waals surface area contributed by atoms with Gasteiger partial charge in [0.1, 0.15) is 5.82 Å². The van der Waals surface area contributed by atoms with Crippen molar-refractivity contribution in [3.05, 3.63) is 59.4 Å². The smallest absolute Gasteiger partial charge is 0.319 e. The molecule has 7 heteroatoms. The van der Waals surface area contributed by atoms with E-state index in [2.05, 4.69) is 22.0 Å². The lowest BCUT2D eigenvalue weighted by Gasteiger charge is -2.25. The second-order valence-corrected chi connectivity index (χ2v) is 6.60. The van der Waals surface area contributed by atoms with Crippen LogP contribution in [0.2, 0.25) is 0 Å². The Kier molecular flexibility index (Phi) is 6.90. The number of aryl methyl sites for hydroxylation is 1. The Bertz CT molecular complexity index is 823. The van der Waals surface area contributed by atoms with Gasteiger partial charge in [-0.05, 0) is 44.8 Å². The summed E-state index contributed by atoms with van der Waals surface area (Å²) in [6.07, 6.45) is 0. The first-order valence-corrected chi connectivity index (χ1v) is 8.61. The van der Waals surface area contributed by atoms with E-state index in [0.717, 1.165) is 11.1 Å². The van der Waals surface area contributed by atoms with E-state index in [1.165, 1.54) is 25.1 Å². The molecule has 0 saturated heterocycles. The third kappa shape index (κ3) is 6.07. The normalized spacial score (nSPS) is 11.8. The summed E-state index contributed by atoms with van der Waals surface area (Å²) < 4.78 is 13.7. The van der Waals surface area contributed by atoms with Crippen LogP contribution in [0.25, 0.3) is 0 Å². The summed E-state index contributed by atoms with van der Waals surface area (Å²) in [5.74, 6) is -0.953. The van der Waals surface area contributed by atoms with Gasteiger partial charge in [-0.15, -0.1) is 0 Å². The number of benzene rings is 2. The van der Waals surface area contributed by atoms with Crippen LogP contribution in [0.15, 0.2) is 42.5 Å². The van der Waals surface area contributed by atoms with Crippen molar-refractivity contribution in [3.8, 4) is 0 Å². The van der Waals surface area contributed by atoms with Gasteiger partial charge in [0.25, 0.3) is 0 Å². The van der Waals surface area contributed by atoms with E-state index >= 15 is 0 Å². The Morgan fingerprint density at radius 1 is 1.11 bits per heavy atom. The highest BCUT2D eigenvalue weighted by atomic mass is 19.1. The van der Waals surface area contributed by atoms with Crippen LogP contribution in [0, 0.1) is 12.7 Å². The van der Waals surface area contributed by atoms with Crippen molar-refractivity contribution in [1.82, 2.24) is 10.2 Å². The van der Waals surface area contributed by atoms with Gasteiger partial charge in [-0.3, -0.25) is 4.79 Å². The molecule has 3 amide bonds. The molecule has 2 aromatic carbocycles. The Labute approximate surface area is 158 Å². The molecular weight excluding hydrogens is 347 g/mol. The first-order chi connectivity index (χ1) is 12.8. The third-order valence-corrected chi connectivity index (χ3v) is 4.04. The summed E-state index contributed by atoms with van der Waals surface area (Å²) >= 11 is 0. The minimum absolute atomic E-state index is 0.0128. The van der Waals surface area contributed by atoms with Crippen LogP contribution in [0.5, 0.6) is 0 Å². The fraction of sp³-hybridized carbons (Fsp3) is 0.300. The van der Waals surface area contributed by atoms with E-state index in [4.69, 9.17) is 0 Å². The van der Waals surface area contributed by atoms with Crippen molar-refractivity contribution < 1.29 is 14.0 Å². The van der Waals surface area contributed by atoms with E-state index in [1.54, 1.807) is 0 Å². The molecular formula is C20H25FN4O2. The highest BCUT2D eigenvalue weighted by Crippen LogP contribution is 2.20. The molecule has 3 N–H and O–H groups in total. The van der Waals surface area contributed by atoms with E-state index in [0.29, 0.717) is 12.2 Å². The first-order valence-electron chi connectivity index (χ1n) is 8.61. The fourth-order valence-electron chi connectivity index (χ4n) is 2.73. The summed E-state index contributed by atoms with van der Waals surface area (Å²) in [6, 6.07) is 11.7. The number of carbonyl (C=O) groups is 2. The van der Waals surface area contributed by atoms with Crippen molar-refractivity contribution in [2.24, 2.45) is 0 Å². The number of likely N-dealkylation sites (N-methyl/N-ethyl adjacent to an activating group) is 1. The van der Waals surface area contributed by atoms with Gasteiger partial charge in [0.2, 0.25) is 5.91 Å². The number of anilines is 2. The van der Waals surface area contributed by atoms with Crippen LogP contribution >= 0.6 is 0 Å². The zero-order chi connectivity index (χ0) is 20.0. The number of hydrogen-bond acceptors (Lipinski definition) is 3. The quantitative estimate of drug-likeness (QED) is 0.726. The highest BCUT2D eigenvalue weighted by molar-refractivity contribution is 5.92. The lowest BCUT2D eigenvalue weighted by atomic mass is 10.0. The summed E-state index contributed by atoms with van der Waals surface area (Å²) in [7, 11) is 3.90. The molecule has 6 nitrogen and oxygen atoms in total. The van der Waals surface area contributed by atoms with Crippen molar-refractivity contribution in [3.63, 3.8) is 0 Å². The average Bonchev–Trinajstić information content (AvgIpc) is 2.57. The molecule has 144 valence electrons. The maximum absolute atomic E-state index is 13.7. The molecule has 0 fully saturated rings. The molecule has 2 rings (SSSR count). The minimum Gasteiger partial charge on any atom is -0.336 e. The molecule has 0 aromatic heterocycles. The number of amides is 3. The van der Waals surface area contributed by atoms with Gasteiger partial charge in [-0.1, -0.05) is 29.8 Å². The van der Waals surface area contributed by atoms with Crippen molar-refractivity contribution in [2.75, 3.05) is 31.3 Å². The summed E-state index contributed by atoms with van der Waals surface area (Å²) in [5.41, 5.74) is 2.66. The third-order valence-electron chi connectivity index (χ3n) is 4.04. The van der Waals surface area contributed by atoms with Crippen LogP contribution in [-0.2, 0) is 4.79 Å². The largest absolute Gasteiger partial charge is 0.336 e. The standard InChI is InChI=1S/C20H25FN4O2/c1-13-6-5-7-15(10-13)19(25(3)4)12-22-20(27)24-16-8-9-17(21)18(11-16)23-14(2)26/h5-11,19H,12H2,1-4H3,(H,23,26)(H2,22,24,27)/t19-/m0/s1. The maximum atomic E-state index is 13.7. The summed E-state index contributed by atoms with van der Waals surface area (Å²) in [5, 5.41) is 7.87. The van der Waals surface area contributed by atoms with Crippen LogP contribution in [0.3, 0.4) is 0 Å². The van der Waals surface area contributed by atoms with Gasteiger partial charge >= 0.3 is 6.03 Å². The second kappa shape index (κ2) is 9.14. The maximum Gasteiger partial charge on any atom is 0.319 e. The monoisotopic (exact) mass is 372 g/mol. The van der Waals surface area contributed by atoms with Crippen LogP contribution < -0.4 is 16.0 Å². The average molecular weight is 372 g/mol. The molecule has 0 radical (unpaired) electrons. The SMILES string of the molecule is CC(=O)Nc1cc(NC(=O)NC[C@@H](c2cccc(C)c2)N(C)C)ccc1F. The van der Waals surface area contributed by atoms with E-state index in [1.807, 2.05) is 44.1 Å². The Balaban J connectivity index is 2.01. The lowest BCUT2D eigenvalue weighted by Crippen LogP contribution is -2.36. The number of nitrogens with zero attached hydrogens (tertiary/aromatic N) is 1. The summed E-state index contributed by atoms with van der Waals surface area (Å²) in [4.78, 5) is 25.4. The minimum atomic E-state index is -0.566. The van der Waals surface area contributed by atoms with Crippen molar-refractivity contribution >= 4 is 23.3 Å². The number of hydrogen-bond donors (Lipinski definition) is 3. The number of halogens is 1. The molecule has 0 spiro atoms. The van der Waals surface area contributed by atoms with E-state index in [-0.39, 0.29) is 17.6 Å². The zero-order valence-electron chi connectivity index (χ0n) is 16.0. The van der Waals surface area contributed by atoms with Crippen molar-refractivity contribution in [1.29, 1.82) is 0 Å². The molecule has 0 heterocycles. The molecule has 2 aromatic rings. The second-order valence-electron chi connectivity index (χ2n) is 6.60. The van der Waals surface area contributed by atoms with Crippen LogP contribution in [-0.4, -0.2) is 37.5 Å². The number of carbonyl (C=O) groups excluding carboxylic acids is 2. The fourth-order valence-corrected chi connectivity index (χ4v) is 2.73. The Morgan fingerprint density at radius 2 is 1.85 bits per heavy atom. The Hall–Kier alpha value is -2.93. The van der Waals surface area contributed by atoms with Gasteiger partial charge in [0.05, 0.1) is 11.7 Å². The molecule has 1 atom stereocenters. The van der Waals surface area contributed by atoms with E-state index < -0.39 is 11.8 Å². The van der Waals surface area contributed by atoms with Crippen molar-refractivity contribution in [2.45, 2.75) is 19.9 Å². The van der Waals surface area contributed by atoms with Crippen LogP contribution in [0.4, 0.5) is 20.6 Å². The highest BCUT2D eigenvalue weighted by Gasteiger charge is 2.16. The van der Waals surface area contributed by atoms with Gasteiger partial charge in [0, 0.05) is 19.2 Å². The van der Waals surface area contributed by atoms with Gasteiger partial charge < -0.3 is 20.9 Å². The van der Waals surface area contributed by atoms with Crippen LogP contribution in [0.1, 0.15) is 24.1 Å². The van der Waals surface area contributed by atoms with Gasteiger partial charge in [-0.2, -0.15) is 0 Å². The molecule has 0 saturated carbocycles. The van der Waals surface area contributed by atoms with E-state index in [9.17, 15) is 14.0 Å². The molecule has 0 aliphatic carbocycles. The lowest BCUT2D eigenvalue weighted by molar-refractivity contribution is -0.114. The zero-order valence-corrected chi connectivity index (χ0v) is 16.0. The number of nitrogens with one attached hydrogen (secondary N) is 3. The predicted octanol–water partition coefficient (Wildman–Crippen LogP) is 3.52. The topological polar surface area (TPSA) is 73.5 Å². The molecule has 0 unspecified atom stereocenters. The number of rotatable bonds is 6. The molecule has 0 aliphatic heterocycles. The molecule has 0 bridgehead atoms. The molecule has 0 aliphatic rings.